The van der Waals surface area contributed by atoms with Crippen molar-refractivity contribution in [3.63, 3.8) is 0 Å². The highest BCUT2D eigenvalue weighted by Gasteiger charge is 2.03. The Bertz CT molecular complexity index is 945. The van der Waals surface area contributed by atoms with Crippen molar-refractivity contribution in [1.82, 2.24) is 0 Å². The van der Waals surface area contributed by atoms with E-state index in [1.807, 2.05) is 54.6 Å². The molecular weight excluding hydrogens is 368 g/mol. The second kappa shape index (κ2) is 10.1. The monoisotopic (exact) mass is 390 g/mol. The first-order chi connectivity index (χ1) is 14.1. The van der Waals surface area contributed by atoms with Crippen molar-refractivity contribution in [2.75, 3.05) is 13.2 Å². The molecule has 0 atom stereocenters. The zero-order valence-electron chi connectivity index (χ0n) is 15.8. The second-order valence-corrected chi connectivity index (χ2v) is 6.42. The van der Waals surface area contributed by atoms with Gasteiger partial charge in [0.1, 0.15) is 24.7 Å². The summed E-state index contributed by atoms with van der Waals surface area (Å²) < 4.78 is 11.5. The van der Waals surface area contributed by atoms with Crippen molar-refractivity contribution in [3.05, 3.63) is 101 Å². The lowest BCUT2D eigenvalue weighted by molar-refractivity contribution is 0.0697. The first kappa shape index (κ1) is 20.2. The van der Waals surface area contributed by atoms with Gasteiger partial charge in [0.2, 0.25) is 0 Å². The molecule has 3 aromatic carbocycles. The molecule has 0 unspecified atom stereocenters. The number of carboxylic acids is 1. The van der Waals surface area contributed by atoms with E-state index in [1.54, 1.807) is 18.2 Å². The first-order valence-electron chi connectivity index (χ1n) is 9.17. The molecule has 0 aromatic heterocycles. The molecule has 0 radical (unpaired) electrons. The number of rotatable bonds is 9. The molecule has 5 heteroatoms. The van der Waals surface area contributed by atoms with Gasteiger partial charge in [-0.25, -0.2) is 4.79 Å². The van der Waals surface area contributed by atoms with Crippen molar-refractivity contribution < 1.29 is 24.5 Å². The van der Waals surface area contributed by atoms with Gasteiger partial charge in [-0.1, -0.05) is 48.5 Å². The van der Waals surface area contributed by atoms with E-state index in [1.165, 1.54) is 12.1 Å². The summed E-state index contributed by atoms with van der Waals surface area (Å²) in [4.78, 5) is 10.9. The third kappa shape index (κ3) is 6.23. The molecule has 0 bridgehead atoms. The molecule has 3 rings (SSSR count). The number of aliphatic hydroxyl groups excluding tert-OH is 1. The minimum Gasteiger partial charge on any atom is -0.489 e. The van der Waals surface area contributed by atoms with E-state index in [0.29, 0.717) is 17.9 Å². The van der Waals surface area contributed by atoms with Crippen LogP contribution in [0.2, 0.25) is 0 Å². The van der Waals surface area contributed by atoms with Crippen molar-refractivity contribution in [2.45, 2.75) is 6.61 Å². The highest BCUT2D eigenvalue weighted by Crippen LogP contribution is 2.19. The van der Waals surface area contributed by atoms with Crippen LogP contribution in [0.4, 0.5) is 0 Å². The Labute approximate surface area is 169 Å². The molecule has 0 aliphatic heterocycles. The van der Waals surface area contributed by atoms with E-state index >= 15 is 0 Å². The van der Waals surface area contributed by atoms with Gasteiger partial charge >= 0.3 is 5.97 Å². The minimum atomic E-state index is -0.970. The van der Waals surface area contributed by atoms with Gasteiger partial charge in [-0.05, 0) is 53.1 Å². The van der Waals surface area contributed by atoms with Gasteiger partial charge in [0, 0.05) is 0 Å². The number of ether oxygens (including phenoxy) is 2. The van der Waals surface area contributed by atoms with Gasteiger partial charge in [0.15, 0.2) is 0 Å². The average Bonchev–Trinajstić information content (AvgIpc) is 2.77. The fraction of sp³-hybridized carbons (Fsp3) is 0.125. The number of hydrogen-bond donors (Lipinski definition) is 2. The van der Waals surface area contributed by atoms with Gasteiger partial charge in [0.05, 0.1) is 12.2 Å². The van der Waals surface area contributed by atoms with E-state index in [4.69, 9.17) is 14.6 Å². The maximum atomic E-state index is 10.9. The Morgan fingerprint density at radius 1 is 0.828 bits per heavy atom. The van der Waals surface area contributed by atoms with Gasteiger partial charge in [-0.2, -0.15) is 0 Å². The summed E-state index contributed by atoms with van der Waals surface area (Å²) in [5.74, 6) is 0.442. The van der Waals surface area contributed by atoms with Gasteiger partial charge in [0.25, 0.3) is 0 Å². The standard InChI is InChI=1S/C24H22O5/c25-15-20(14-18-6-8-21(9-7-18)24(26)27)17-29-23-12-10-22(11-13-23)28-16-19-4-2-1-3-5-19/h1-14,25H,15-17H2,(H,26,27). The summed E-state index contributed by atoms with van der Waals surface area (Å²) in [5, 5.41) is 18.5. The normalized spacial score (nSPS) is 11.1. The quantitative estimate of drug-likeness (QED) is 0.566. The first-order valence-corrected chi connectivity index (χ1v) is 9.17. The van der Waals surface area contributed by atoms with Crippen LogP contribution in [0.15, 0.2) is 84.4 Å². The Balaban J connectivity index is 1.54. The number of aromatic carboxylic acids is 1. The molecule has 0 aliphatic carbocycles. The summed E-state index contributed by atoms with van der Waals surface area (Å²) in [5.41, 5.74) is 2.80. The smallest absolute Gasteiger partial charge is 0.335 e. The lowest BCUT2D eigenvalue weighted by atomic mass is 10.1. The Morgan fingerprint density at radius 2 is 1.45 bits per heavy atom. The molecule has 5 nitrogen and oxygen atoms in total. The number of aliphatic hydroxyl groups is 1. The minimum absolute atomic E-state index is 0.154. The second-order valence-electron chi connectivity index (χ2n) is 6.42. The van der Waals surface area contributed by atoms with Crippen LogP contribution in [-0.2, 0) is 6.61 Å². The largest absolute Gasteiger partial charge is 0.489 e. The van der Waals surface area contributed by atoms with E-state index in [2.05, 4.69) is 0 Å². The zero-order chi connectivity index (χ0) is 20.5. The van der Waals surface area contributed by atoms with Crippen molar-refractivity contribution in [2.24, 2.45) is 0 Å². The molecule has 0 heterocycles. The van der Waals surface area contributed by atoms with Gasteiger partial charge in [-0.3, -0.25) is 0 Å². The lowest BCUT2D eigenvalue weighted by Crippen LogP contribution is -2.05. The predicted octanol–water partition coefficient (Wildman–Crippen LogP) is 4.42. The molecule has 0 saturated carbocycles. The van der Waals surface area contributed by atoms with Crippen LogP contribution in [0.3, 0.4) is 0 Å². The predicted molar refractivity (Wildman–Crippen MR) is 111 cm³/mol. The van der Waals surface area contributed by atoms with Gasteiger partial charge in [-0.15, -0.1) is 0 Å². The molecular formula is C24H22O5. The van der Waals surface area contributed by atoms with Crippen LogP contribution in [0.1, 0.15) is 21.5 Å². The number of carbonyl (C=O) groups is 1. The highest BCUT2D eigenvalue weighted by molar-refractivity contribution is 5.87. The van der Waals surface area contributed by atoms with E-state index in [0.717, 1.165) is 16.9 Å². The highest BCUT2D eigenvalue weighted by atomic mass is 16.5. The molecule has 0 fully saturated rings. The van der Waals surface area contributed by atoms with Crippen LogP contribution in [0.25, 0.3) is 6.08 Å². The topological polar surface area (TPSA) is 76.0 Å². The van der Waals surface area contributed by atoms with Crippen LogP contribution >= 0.6 is 0 Å². The third-order valence-corrected chi connectivity index (χ3v) is 4.23. The molecule has 0 saturated heterocycles. The van der Waals surface area contributed by atoms with Gasteiger partial charge < -0.3 is 19.7 Å². The Morgan fingerprint density at radius 3 is 2.03 bits per heavy atom. The maximum Gasteiger partial charge on any atom is 0.335 e. The van der Waals surface area contributed by atoms with Crippen LogP contribution in [0.5, 0.6) is 11.5 Å². The van der Waals surface area contributed by atoms with E-state index in [9.17, 15) is 9.90 Å². The number of hydrogen-bond acceptors (Lipinski definition) is 4. The van der Waals surface area contributed by atoms with E-state index in [-0.39, 0.29) is 18.8 Å². The molecule has 2 N–H and O–H groups in total. The molecule has 0 amide bonds. The zero-order valence-corrected chi connectivity index (χ0v) is 15.8. The number of benzene rings is 3. The van der Waals surface area contributed by atoms with Crippen LogP contribution in [0, 0.1) is 0 Å². The summed E-state index contributed by atoms with van der Waals surface area (Å²) in [7, 11) is 0. The molecule has 29 heavy (non-hydrogen) atoms. The molecule has 148 valence electrons. The summed E-state index contributed by atoms with van der Waals surface area (Å²) >= 11 is 0. The fourth-order valence-electron chi connectivity index (χ4n) is 2.64. The van der Waals surface area contributed by atoms with Crippen molar-refractivity contribution in [3.8, 4) is 11.5 Å². The maximum absolute atomic E-state index is 10.9. The summed E-state index contributed by atoms with van der Waals surface area (Å²) in [6.45, 7) is 0.569. The average molecular weight is 390 g/mol. The molecule has 0 spiro atoms. The van der Waals surface area contributed by atoms with Crippen LogP contribution < -0.4 is 9.47 Å². The Kier molecular flexibility index (Phi) is 7.03. The van der Waals surface area contributed by atoms with Crippen molar-refractivity contribution >= 4 is 12.0 Å². The Hall–Kier alpha value is -3.57. The molecule has 3 aromatic rings. The fourth-order valence-corrected chi connectivity index (χ4v) is 2.64. The number of carboxylic acid groups (broad SMARTS) is 1. The third-order valence-electron chi connectivity index (χ3n) is 4.23. The van der Waals surface area contributed by atoms with Crippen LogP contribution in [-0.4, -0.2) is 29.4 Å². The SMILES string of the molecule is O=C(O)c1ccc(C=C(CO)COc2ccc(OCc3ccccc3)cc2)cc1. The lowest BCUT2D eigenvalue weighted by Gasteiger charge is -2.10. The summed E-state index contributed by atoms with van der Waals surface area (Å²) in [6, 6.07) is 23.7. The van der Waals surface area contributed by atoms with Crippen molar-refractivity contribution in [1.29, 1.82) is 0 Å². The summed E-state index contributed by atoms with van der Waals surface area (Å²) in [6.07, 6.45) is 1.78. The molecule has 0 aliphatic rings. The van der Waals surface area contributed by atoms with E-state index < -0.39 is 5.97 Å².